The van der Waals surface area contributed by atoms with Crippen molar-refractivity contribution in [2.75, 3.05) is 33.0 Å². The van der Waals surface area contributed by atoms with Crippen LogP contribution in [-0.2, 0) is 11.3 Å². The van der Waals surface area contributed by atoms with E-state index in [1.165, 1.54) is 0 Å². The van der Waals surface area contributed by atoms with E-state index in [4.69, 9.17) is 15.2 Å². The maximum absolute atomic E-state index is 11.2. The number of nitrogens with two attached hydrogens (primary N) is 1. The molecule has 0 aliphatic carbocycles. The number of rotatable bonds is 7. The van der Waals surface area contributed by atoms with E-state index in [9.17, 15) is 4.79 Å². The first-order valence-electron chi connectivity index (χ1n) is 8.34. The number of hydrogen-bond acceptors (Lipinski definition) is 5. The molecule has 0 saturated carbocycles. The van der Waals surface area contributed by atoms with Gasteiger partial charge in [-0.15, -0.1) is 12.4 Å². The molecule has 0 aromatic heterocycles. The van der Waals surface area contributed by atoms with Crippen molar-refractivity contribution in [1.82, 2.24) is 10.2 Å². The molecule has 0 bridgehead atoms. The number of fused-ring (bicyclic) bond motifs is 1. The molecule has 1 aromatic carbocycles. The number of carbonyl (C=O) groups excluding carboxylic acids is 1. The molecule has 1 amide bonds. The molecule has 1 saturated heterocycles. The van der Waals surface area contributed by atoms with Crippen molar-refractivity contribution >= 4 is 18.3 Å². The van der Waals surface area contributed by atoms with Crippen LogP contribution in [0.3, 0.4) is 0 Å². The Bertz CT molecular complexity index is 548. The van der Waals surface area contributed by atoms with Gasteiger partial charge < -0.3 is 25.4 Å². The van der Waals surface area contributed by atoms with Crippen molar-refractivity contribution in [3.63, 3.8) is 0 Å². The molecule has 24 heavy (non-hydrogen) atoms. The Hall–Kier alpha value is -1.50. The molecule has 134 valence electrons. The number of halogens is 1. The number of primary amides is 1. The van der Waals surface area contributed by atoms with Crippen molar-refractivity contribution in [2.45, 2.75) is 25.8 Å². The van der Waals surface area contributed by atoms with E-state index in [-0.39, 0.29) is 24.2 Å². The molecular formula is C17H26ClN3O3. The number of benzene rings is 1. The van der Waals surface area contributed by atoms with Crippen LogP contribution in [-0.4, -0.2) is 43.8 Å². The van der Waals surface area contributed by atoms with Crippen molar-refractivity contribution in [3.05, 3.63) is 23.8 Å². The molecule has 1 fully saturated rings. The first-order valence-corrected chi connectivity index (χ1v) is 8.34. The molecule has 3 rings (SSSR count). The Labute approximate surface area is 149 Å². The zero-order valence-corrected chi connectivity index (χ0v) is 14.6. The molecule has 6 nitrogen and oxygen atoms in total. The average molecular weight is 356 g/mol. The monoisotopic (exact) mass is 355 g/mol. The third-order valence-electron chi connectivity index (χ3n) is 4.61. The largest absolute Gasteiger partial charge is 0.454 e. The van der Waals surface area contributed by atoms with E-state index in [2.05, 4.69) is 16.3 Å². The summed E-state index contributed by atoms with van der Waals surface area (Å²) in [6.07, 6.45) is 2.89. The van der Waals surface area contributed by atoms with Crippen molar-refractivity contribution in [1.29, 1.82) is 0 Å². The summed E-state index contributed by atoms with van der Waals surface area (Å²) in [4.78, 5) is 13.6. The molecule has 2 aliphatic rings. The molecule has 2 aliphatic heterocycles. The number of amides is 1. The highest BCUT2D eigenvalue weighted by Crippen LogP contribution is 2.35. The quantitative estimate of drug-likeness (QED) is 0.725. The summed E-state index contributed by atoms with van der Waals surface area (Å²) in [7, 11) is 0. The van der Waals surface area contributed by atoms with E-state index in [0.717, 1.165) is 69.0 Å². The Morgan fingerprint density at radius 2 is 2.08 bits per heavy atom. The summed E-state index contributed by atoms with van der Waals surface area (Å²) in [6.45, 7) is 5.07. The molecule has 0 radical (unpaired) electrons. The third kappa shape index (κ3) is 4.75. The smallest absolute Gasteiger partial charge is 0.231 e. The van der Waals surface area contributed by atoms with Gasteiger partial charge in [0.2, 0.25) is 12.7 Å². The van der Waals surface area contributed by atoms with Crippen LogP contribution in [0.25, 0.3) is 0 Å². The lowest BCUT2D eigenvalue weighted by Crippen LogP contribution is -2.39. The minimum atomic E-state index is -0.145. The lowest BCUT2D eigenvalue weighted by atomic mass is 9.96. The van der Waals surface area contributed by atoms with Gasteiger partial charge in [0.1, 0.15) is 0 Å². The molecule has 7 heteroatoms. The minimum absolute atomic E-state index is 0. The van der Waals surface area contributed by atoms with Gasteiger partial charge in [-0.3, -0.25) is 4.79 Å². The normalized spacial score (nSPS) is 17.5. The fraction of sp³-hybridized carbons (Fsp3) is 0.588. The Balaban J connectivity index is 0.00000208. The maximum Gasteiger partial charge on any atom is 0.231 e. The van der Waals surface area contributed by atoms with Gasteiger partial charge in [0, 0.05) is 18.0 Å². The molecule has 1 aromatic rings. The van der Waals surface area contributed by atoms with Gasteiger partial charge in [-0.05, 0) is 51.5 Å². The molecule has 0 unspecified atom stereocenters. The summed E-state index contributed by atoms with van der Waals surface area (Å²) in [5.74, 6) is 1.63. The van der Waals surface area contributed by atoms with Crippen LogP contribution in [0, 0.1) is 5.92 Å². The number of para-hydroxylation sites is 1. The Kier molecular flexibility index (Phi) is 7.15. The van der Waals surface area contributed by atoms with Crippen molar-refractivity contribution in [3.8, 4) is 11.5 Å². The summed E-state index contributed by atoms with van der Waals surface area (Å²) in [5, 5.41) is 3.46. The highest BCUT2D eigenvalue weighted by atomic mass is 35.5. The first kappa shape index (κ1) is 18.8. The number of piperidine rings is 1. The van der Waals surface area contributed by atoms with E-state index in [1.54, 1.807) is 0 Å². The standard InChI is InChI=1S/C17H25N3O3.ClH/c18-17(21)13-5-9-20(10-6-13)8-2-7-19-11-14-3-1-4-15-16(14)23-12-22-15;/h1,3-4,13,19H,2,5-12H2,(H2,18,21);1H. The highest BCUT2D eigenvalue weighted by molar-refractivity contribution is 5.85. The van der Waals surface area contributed by atoms with Crippen LogP contribution in [0.5, 0.6) is 11.5 Å². The zero-order valence-electron chi connectivity index (χ0n) is 13.8. The molecule has 0 spiro atoms. The van der Waals surface area contributed by atoms with Crippen LogP contribution < -0.4 is 20.5 Å². The molecular weight excluding hydrogens is 330 g/mol. The third-order valence-corrected chi connectivity index (χ3v) is 4.61. The Morgan fingerprint density at radius 3 is 2.83 bits per heavy atom. The molecule has 3 N–H and O–H groups in total. The second-order valence-electron chi connectivity index (χ2n) is 6.20. The van der Waals surface area contributed by atoms with E-state index in [1.807, 2.05) is 12.1 Å². The SMILES string of the molecule is Cl.NC(=O)C1CCN(CCCNCc2cccc3c2OCO3)CC1. The number of carbonyl (C=O) groups is 1. The predicted molar refractivity (Wildman–Crippen MR) is 94.5 cm³/mol. The van der Waals surface area contributed by atoms with Crippen LogP contribution in [0.4, 0.5) is 0 Å². The fourth-order valence-corrected chi connectivity index (χ4v) is 3.22. The molecule has 2 heterocycles. The number of ether oxygens (including phenoxy) is 2. The van der Waals surface area contributed by atoms with Crippen LogP contribution in [0.15, 0.2) is 18.2 Å². The number of hydrogen-bond donors (Lipinski definition) is 2. The van der Waals surface area contributed by atoms with Gasteiger partial charge in [0.15, 0.2) is 11.5 Å². The van der Waals surface area contributed by atoms with Crippen molar-refractivity contribution in [2.24, 2.45) is 11.7 Å². The topological polar surface area (TPSA) is 76.8 Å². The van der Waals surface area contributed by atoms with Gasteiger partial charge in [0.05, 0.1) is 0 Å². The lowest BCUT2D eigenvalue weighted by molar-refractivity contribution is -0.123. The predicted octanol–water partition coefficient (Wildman–Crippen LogP) is 1.51. The van der Waals surface area contributed by atoms with E-state index in [0.29, 0.717) is 6.79 Å². The van der Waals surface area contributed by atoms with Crippen LogP contribution in [0.2, 0.25) is 0 Å². The van der Waals surface area contributed by atoms with Crippen LogP contribution in [0.1, 0.15) is 24.8 Å². The van der Waals surface area contributed by atoms with Gasteiger partial charge >= 0.3 is 0 Å². The van der Waals surface area contributed by atoms with Gasteiger partial charge in [-0.2, -0.15) is 0 Å². The van der Waals surface area contributed by atoms with Gasteiger partial charge in [-0.25, -0.2) is 0 Å². The van der Waals surface area contributed by atoms with Crippen LogP contribution >= 0.6 is 12.4 Å². The average Bonchev–Trinajstić information content (AvgIpc) is 3.04. The van der Waals surface area contributed by atoms with E-state index >= 15 is 0 Å². The summed E-state index contributed by atoms with van der Waals surface area (Å²) < 4.78 is 10.9. The maximum atomic E-state index is 11.2. The Morgan fingerprint density at radius 1 is 1.29 bits per heavy atom. The minimum Gasteiger partial charge on any atom is -0.454 e. The second-order valence-corrected chi connectivity index (χ2v) is 6.20. The van der Waals surface area contributed by atoms with Crippen molar-refractivity contribution < 1.29 is 14.3 Å². The summed E-state index contributed by atoms with van der Waals surface area (Å²) in [6, 6.07) is 5.99. The zero-order chi connectivity index (χ0) is 16.1. The fourth-order valence-electron chi connectivity index (χ4n) is 3.22. The second kappa shape index (κ2) is 9.11. The van der Waals surface area contributed by atoms with Gasteiger partial charge in [-0.1, -0.05) is 12.1 Å². The lowest BCUT2D eigenvalue weighted by Gasteiger charge is -2.30. The number of likely N-dealkylation sites (tertiary alicyclic amines) is 1. The highest BCUT2D eigenvalue weighted by Gasteiger charge is 2.22. The van der Waals surface area contributed by atoms with E-state index < -0.39 is 0 Å². The number of nitrogens with one attached hydrogen (secondary N) is 1. The molecule has 0 atom stereocenters. The first-order chi connectivity index (χ1) is 11.2. The summed E-state index contributed by atoms with van der Waals surface area (Å²) >= 11 is 0. The van der Waals surface area contributed by atoms with Gasteiger partial charge in [0.25, 0.3) is 0 Å². The number of nitrogens with zero attached hydrogens (tertiary/aromatic N) is 1. The summed E-state index contributed by atoms with van der Waals surface area (Å²) in [5.41, 5.74) is 6.50.